The second-order valence-electron chi connectivity index (χ2n) is 4.67. The van der Waals surface area contributed by atoms with E-state index in [0.717, 1.165) is 0 Å². The normalized spacial score (nSPS) is 26.9. The maximum Gasteiger partial charge on any atom is 0.162 e. The molecular weight excluding hydrogens is 180 g/mol. The van der Waals surface area contributed by atoms with Crippen LogP contribution < -0.4 is 0 Å². The van der Waals surface area contributed by atoms with E-state index in [-0.39, 0.29) is 5.41 Å². The fourth-order valence-corrected chi connectivity index (χ4v) is 1.40. The van der Waals surface area contributed by atoms with Gasteiger partial charge in [0, 0.05) is 5.41 Å². The molecule has 14 heavy (non-hydrogen) atoms. The lowest BCUT2D eigenvalue weighted by Crippen LogP contribution is -2.50. The van der Waals surface area contributed by atoms with E-state index in [4.69, 9.17) is 9.47 Å². The van der Waals surface area contributed by atoms with Crippen LogP contribution in [0.3, 0.4) is 0 Å². The summed E-state index contributed by atoms with van der Waals surface area (Å²) in [4.78, 5) is 0. The average Bonchev–Trinajstić information content (AvgIpc) is 2.11. The minimum absolute atomic E-state index is 0.316. The van der Waals surface area contributed by atoms with Crippen molar-refractivity contribution >= 4 is 0 Å². The molecule has 1 rings (SSSR count). The lowest BCUT2D eigenvalue weighted by atomic mass is 9.83. The Balaban J connectivity index is 2.56. The summed E-state index contributed by atoms with van der Waals surface area (Å²) in [5, 5.41) is 9.87. The summed E-state index contributed by atoms with van der Waals surface area (Å²) in [5.41, 5.74) is -0.316. The molecule has 82 valence electrons. The largest absolute Gasteiger partial charge is 0.392 e. The lowest BCUT2D eigenvalue weighted by molar-refractivity contribution is -0.295. The highest BCUT2D eigenvalue weighted by Crippen LogP contribution is 2.33. The molecule has 1 heterocycles. The molecule has 3 heteroatoms. The summed E-state index contributed by atoms with van der Waals surface area (Å²) in [5.74, 6) is -0.520. The van der Waals surface area contributed by atoms with Gasteiger partial charge >= 0.3 is 0 Å². The zero-order valence-corrected chi connectivity index (χ0v) is 9.25. The molecule has 1 aliphatic rings. The van der Waals surface area contributed by atoms with E-state index in [1.54, 1.807) is 6.08 Å². The van der Waals surface area contributed by atoms with Crippen LogP contribution in [0.2, 0.25) is 0 Å². The molecule has 0 unspecified atom stereocenters. The first-order valence-electron chi connectivity index (χ1n) is 4.96. The Morgan fingerprint density at radius 2 is 1.86 bits per heavy atom. The summed E-state index contributed by atoms with van der Waals surface area (Å²) in [6, 6.07) is 0. The van der Waals surface area contributed by atoms with Crippen LogP contribution in [-0.2, 0) is 9.47 Å². The zero-order valence-electron chi connectivity index (χ0n) is 9.25. The minimum atomic E-state index is -0.520. The Hall–Kier alpha value is -0.380. The molecule has 0 radical (unpaired) electrons. The van der Waals surface area contributed by atoms with Crippen molar-refractivity contribution in [2.24, 2.45) is 5.41 Å². The highest BCUT2D eigenvalue weighted by Gasteiger charge is 2.40. The van der Waals surface area contributed by atoms with Crippen molar-refractivity contribution in [1.82, 2.24) is 0 Å². The van der Waals surface area contributed by atoms with Crippen LogP contribution in [0.5, 0.6) is 0 Å². The van der Waals surface area contributed by atoms with Gasteiger partial charge in [0.2, 0.25) is 0 Å². The van der Waals surface area contributed by atoms with E-state index < -0.39 is 11.9 Å². The van der Waals surface area contributed by atoms with Gasteiger partial charge in [0.05, 0.1) is 19.3 Å². The number of aliphatic hydroxyl groups excluding tert-OH is 1. The van der Waals surface area contributed by atoms with Crippen LogP contribution in [-0.4, -0.2) is 30.2 Å². The Kier molecular flexibility index (Phi) is 3.35. The lowest BCUT2D eigenvalue weighted by Gasteiger charge is -2.43. The smallest absolute Gasteiger partial charge is 0.162 e. The maximum atomic E-state index is 9.87. The van der Waals surface area contributed by atoms with Gasteiger partial charge in [-0.25, -0.2) is 0 Å². The number of aliphatic hydroxyl groups is 1. The summed E-state index contributed by atoms with van der Waals surface area (Å²) in [6.45, 7) is 10.4. The third-order valence-corrected chi connectivity index (χ3v) is 2.69. The van der Waals surface area contributed by atoms with E-state index in [9.17, 15) is 5.11 Å². The van der Waals surface area contributed by atoms with E-state index in [0.29, 0.717) is 19.6 Å². The second kappa shape index (κ2) is 4.01. The summed E-state index contributed by atoms with van der Waals surface area (Å²) in [6.07, 6.45) is 1.84. The summed E-state index contributed by atoms with van der Waals surface area (Å²) < 4.78 is 11.1. The van der Waals surface area contributed by atoms with Gasteiger partial charge in [0.25, 0.3) is 0 Å². The van der Waals surface area contributed by atoms with Crippen molar-refractivity contribution in [1.29, 1.82) is 0 Å². The number of hydrogen-bond donors (Lipinski definition) is 1. The first-order chi connectivity index (χ1) is 6.40. The van der Waals surface area contributed by atoms with Crippen molar-refractivity contribution in [2.45, 2.75) is 39.1 Å². The van der Waals surface area contributed by atoms with Crippen LogP contribution in [0.15, 0.2) is 12.7 Å². The van der Waals surface area contributed by atoms with Crippen LogP contribution in [0, 0.1) is 5.41 Å². The van der Waals surface area contributed by atoms with Gasteiger partial charge in [-0.2, -0.15) is 0 Å². The third-order valence-electron chi connectivity index (χ3n) is 2.69. The predicted octanol–water partition coefficient (Wildman–Crippen LogP) is 1.71. The van der Waals surface area contributed by atoms with Crippen LogP contribution >= 0.6 is 0 Å². The molecule has 1 fully saturated rings. The number of ether oxygens (including phenoxy) is 2. The average molecular weight is 200 g/mol. The molecule has 0 spiro atoms. The van der Waals surface area contributed by atoms with E-state index in [2.05, 4.69) is 6.58 Å². The number of hydrogen-bond acceptors (Lipinski definition) is 3. The van der Waals surface area contributed by atoms with E-state index >= 15 is 0 Å². The highest BCUT2D eigenvalue weighted by molar-refractivity contribution is 4.89. The van der Waals surface area contributed by atoms with Gasteiger partial charge in [0.15, 0.2) is 5.79 Å². The maximum absolute atomic E-state index is 9.87. The molecule has 1 saturated heterocycles. The fourth-order valence-electron chi connectivity index (χ4n) is 1.40. The SMILES string of the molecule is C=CC[C@H](O)C1(C)COC(C)(C)OC1. The predicted molar refractivity (Wildman–Crippen MR) is 54.9 cm³/mol. The molecule has 1 aliphatic heterocycles. The zero-order chi connectivity index (χ0) is 10.8. The first kappa shape index (κ1) is 11.7. The minimum Gasteiger partial charge on any atom is -0.392 e. The Morgan fingerprint density at radius 3 is 2.29 bits per heavy atom. The monoisotopic (exact) mass is 200 g/mol. The molecule has 1 N–H and O–H groups in total. The second-order valence-corrected chi connectivity index (χ2v) is 4.67. The Morgan fingerprint density at radius 1 is 1.36 bits per heavy atom. The Labute approximate surface area is 85.7 Å². The standard InChI is InChI=1S/C11H20O3/c1-5-6-9(12)11(4)7-13-10(2,3)14-8-11/h5,9,12H,1,6-8H2,2-4H3/t9-/m0/s1. The topological polar surface area (TPSA) is 38.7 Å². The molecular formula is C11H20O3. The van der Waals surface area contributed by atoms with Crippen molar-refractivity contribution in [3.05, 3.63) is 12.7 Å². The van der Waals surface area contributed by atoms with Crippen molar-refractivity contribution in [2.75, 3.05) is 13.2 Å². The van der Waals surface area contributed by atoms with Gasteiger partial charge in [-0.1, -0.05) is 13.0 Å². The van der Waals surface area contributed by atoms with Gasteiger partial charge < -0.3 is 14.6 Å². The molecule has 0 amide bonds. The molecule has 0 aromatic carbocycles. The van der Waals surface area contributed by atoms with Gasteiger partial charge in [-0.3, -0.25) is 0 Å². The molecule has 0 aromatic heterocycles. The van der Waals surface area contributed by atoms with Crippen molar-refractivity contribution in [3.63, 3.8) is 0 Å². The molecule has 0 saturated carbocycles. The number of rotatable bonds is 3. The summed E-state index contributed by atoms with van der Waals surface area (Å²) >= 11 is 0. The summed E-state index contributed by atoms with van der Waals surface area (Å²) in [7, 11) is 0. The van der Waals surface area contributed by atoms with Crippen molar-refractivity contribution < 1.29 is 14.6 Å². The first-order valence-corrected chi connectivity index (χ1v) is 4.96. The van der Waals surface area contributed by atoms with Crippen LogP contribution in [0.1, 0.15) is 27.2 Å². The van der Waals surface area contributed by atoms with Crippen molar-refractivity contribution in [3.8, 4) is 0 Å². The van der Waals surface area contributed by atoms with Gasteiger partial charge in [-0.15, -0.1) is 6.58 Å². The molecule has 0 bridgehead atoms. The van der Waals surface area contributed by atoms with E-state index in [1.807, 2.05) is 20.8 Å². The van der Waals surface area contributed by atoms with Gasteiger partial charge in [-0.05, 0) is 20.3 Å². The molecule has 0 aliphatic carbocycles. The fraction of sp³-hybridized carbons (Fsp3) is 0.818. The quantitative estimate of drug-likeness (QED) is 0.705. The van der Waals surface area contributed by atoms with Gasteiger partial charge in [0.1, 0.15) is 0 Å². The molecule has 1 atom stereocenters. The molecule has 0 aromatic rings. The van der Waals surface area contributed by atoms with Crippen LogP contribution in [0.25, 0.3) is 0 Å². The third kappa shape index (κ3) is 2.56. The molecule has 3 nitrogen and oxygen atoms in total. The Bertz CT molecular complexity index is 201. The highest BCUT2D eigenvalue weighted by atomic mass is 16.7. The van der Waals surface area contributed by atoms with Crippen LogP contribution in [0.4, 0.5) is 0 Å². The van der Waals surface area contributed by atoms with E-state index in [1.165, 1.54) is 0 Å².